The molecule has 0 aliphatic carbocycles. The van der Waals surface area contributed by atoms with Crippen molar-refractivity contribution in [2.75, 3.05) is 19.3 Å². The van der Waals surface area contributed by atoms with Gasteiger partial charge in [-0.05, 0) is 44.2 Å². The lowest BCUT2D eigenvalue weighted by atomic mass is 10.4. The number of nitrogens with zero attached hydrogens (tertiary/aromatic N) is 1. The molecule has 0 aromatic heterocycles. The summed E-state index contributed by atoms with van der Waals surface area (Å²) in [7, 11) is -0.240. The summed E-state index contributed by atoms with van der Waals surface area (Å²) in [5.74, 6) is 0. The predicted octanol–water partition coefficient (Wildman–Crippen LogP) is 2.49. The number of hydrogen-bond acceptors (Lipinski definition) is 1. The van der Waals surface area contributed by atoms with Gasteiger partial charge < -0.3 is 4.90 Å². The average molecular weight is 194 g/mol. The van der Waals surface area contributed by atoms with Gasteiger partial charge in [0, 0.05) is 0 Å². The highest BCUT2D eigenvalue weighted by Gasteiger charge is 2.16. The molecule has 0 aromatic rings. The first-order chi connectivity index (χ1) is 6.36. The van der Waals surface area contributed by atoms with Crippen LogP contribution in [-0.4, -0.2) is 33.0 Å². The molecule has 1 aliphatic rings. The van der Waals surface area contributed by atoms with E-state index in [-0.39, 0.29) is 8.80 Å². The molecule has 73 valence electrons. The van der Waals surface area contributed by atoms with E-state index < -0.39 is 0 Å². The molecular weight excluding hydrogens is 174 g/mol. The van der Waals surface area contributed by atoms with Gasteiger partial charge in [0.1, 0.15) is 0 Å². The van der Waals surface area contributed by atoms with E-state index in [1.165, 1.54) is 44.2 Å². The van der Waals surface area contributed by atoms with Crippen molar-refractivity contribution in [1.29, 1.82) is 0 Å². The Morgan fingerprint density at radius 3 is 2.08 bits per heavy atom. The van der Waals surface area contributed by atoms with Crippen molar-refractivity contribution in [2.45, 2.75) is 24.9 Å². The molecule has 1 radical (unpaired) electrons. The summed E-state index contributed by atoms with van der Waals surface area (Å²) in [5, 5.41) is 0. The van der Waals surface area contributed by atoms with Gasteiger partial charge >= 0.3 is 0 Å². The third-order valence-corrected chi connectivity index (χ3v) is 5.14. The second kappa shape index (κ2) is 6.16. The lowest BCUT2D eigenvalue weighted by molar-refractivity contribution is 0.391. The van der Waals surface area contributed by atoms with Crippen LogP contribution in [0.4, 0.5) is 0 Å². The van der Waals surface area contributed by atoms with Crippen LogP contribution in [0.2, 0.25) is 12.1 Å². The van der Waals surface area contributed by atoms with Crippen molar-refractivity contribution in [2.24, 2.45) is 0 Å². The Hall–Kier alpha value is -0.343. The summed E-state index contributed by atoms with van der Waals surface area (Å²) in [6, 6.07) is 2.46. The second-order valence-electron chi connectivity index (χ2n) is 3.72. The van der Waals surface area contributed by atoms with Gasteiger partial charge in [0.05, 0.1) is 8.80 Å². The molecule has 0 atom stereocenters. The van der Waals surface area contributed by atoms with E-state index >= 15 is 0 Å². The largest absolute Gasteiger partial charge is 0.306 e. The maximum atomic E-state index is 3.83. The molecule has 1 saturated heterocycles. The van der Waals surface area contributed by atoms with Crippen LogP contribution >= 0.6 is 0 Å². The van der Waals surface area contributed by atoms with Crippen LogP contribution in [0.15, 0.2) is 25.3 Å². The quantitative estimate of drug-likeness (QED) is 0.464. The van der Waals surface area contributed by atoms with E-state index in [2.05, 4.69) is 30.2 Å². The zero-order valence-electron chi connectivity index (χ0n) is 8.47. The Morgan fingerprint density at radius 2 is 1.62 bits per heavy atom. The molecule has 2 heteroatoms. The fraction of sp³-hybridized carbons (Fsp3) is 0.636. The molecule has 1 heterocycles. The Labute approximate surface area is 83.7 Å². The first-order valence-corrected chi connectivity index (χ1v) is 7.26. The average Bonchev–Trinajstić information content (AvgIpc) is 2.58. The fourth-order valence-electron chi connectivity index (χ4n) is 1.88. The molecular formula is C11H20NSi. The lowest BCUT2D eigenvalue weighted by Gasteiger charge is -2.19. The van der Waals surface area contributed by atoms with Gasteiger partial charge in [0.25, 0.3) is 0 Å². The van der Waals surface area contributed by atoms with Crippen molar-refractivity contribution in [3.63, 3.8) is 0 Å². The summed E-state index contributed by atoms with van der Waals surface area (Å²) in [6.07, 6.45) is 8.29. The van der Waals surface area contributed by atoms with Crippen molar-refractivity contribution < 1.29 is 0 Å². The third kappa shape index (κ3) is 3.92. The van der Waals surface area contributed by atoms with E-state index in [9.17, 15) is 0 Å². The molecule has 0 spiro atoms. The molecule has 0 unspecified atom stereocenters. The van der Waals surface area contributed by atoms with Gasteiger partial charge in [-0.2, -0.15) is 0 Å². The van der Waals surface area contributed by atoms with Crippen molar-refractivity contribution in [1.82, 2.24) is 4.90 Å². The summed E-state index contributed by atoms with van der Waals surface area (Å²) >= 11 is 0. The summed E-state index contributed by atoms with van der Waals surface area (Å²) < 4.78 is 0. The molecule has 0 saturated carbocycles. The standard InChI is InChI=1S/C11H20NSi/c1-3-9-13(10-4-2)11-12-7-5-6-8-12/h3-4H,1-2,5-11H2. The van der Waals surface area contributed by atoms with Crippen molar-refractivity contribution in [3.8, 4) is 0 Å². The highest BCUT2D eigenvalue weighted by Crippen LogP contribution is 2.11. The highest BCUT2D eigenvalue weighted by molar-refractivity contribution is 6.60. The van der Waals surface area contributed by atoms with Crippen LogP contribution in [0.25, 0.3) is 0 Å². The highest BCUT2D eigenvalue weighted by atomic mass is 28.3. The van der Waals surface area contributed by atoms with Gasteiger partial charge in [-0.15, -0.1) is 13.2 Å². The molecule has 0 N–H and O–H groups in total. The Bertz CT molecular complexity index is 151. The van der Waals surface area contributed by atoms with Gasteiger partial charge in [-0.25, -0.2) is 0 Å². The first kappa shape index (κ1) is 10.7. The smallest absolute Gasteiger partial charge is 0.0727 e. The summed E-state index contributed by atoms with van der Waals surface area (Å²) in [4.78, 5) is 2.61. The van der Waals surface area contributed by atoms with E-state index in [1.54, 1.807) is 0 Å². The molecule has 0 bridgehead atoms. The zero-order valence-corrected chi connectivity index (χ0v) is 9.47. The predicted molar refractivity (Wildman–Crippen MR) is 61.4 cm³/mol. The van der Waals surface area contributed by atoms with Crippen LogP contribution in [-0.2, 0) is 0 Å². The minimum atomic E-state index is -0.240. The van der Waals surface area contributed by atoms with Crippen molar-refractivity contribution in [3.05, 3.63) is 25.3 Å². The van der Waals surface area contributed by atoms with Crippen LogP contribution in [0.5, 0.6) is 0 Å². The van der Waals surface area contributed by atoms with Crippen LogP contribution in [0.3, 0.4) is 0 Å². The summed E-state index contributed by atoms with van der Waals surface area (Å²) in [5.41, 5.74) is 0. The van der Waals surface area contributed by atoms with E-state index in [4.69, 9.17) is 0 Å². The van der Waals surface area contributed by atoms with E-state index in [1.807, 2.05) is 0 Å². The number of rotatable bonds is 6. The molecule has 0 aromatic carbocycles. The molecule has 1 rings (SSSR count). The van der Waals surface area contributed by atoms with Gasteiger partial charge in [0.2, 0.25) is 0 Å². The summed E-state index contributed by atoms with van der Waals surface area (Å²) in [6.45, 7) is 10.3. The molecule has 1 fully saturated rings. The fourth-order valence-corrected chi connectivity index (χ4v) is 4.07. The van der Waals surface area contributed by atoms with Gasteiger partial charge in [-0.3, -0.25) is 0 Å². The topological polar surface area (TPSA) is 3.24 Å². The zero-order chi connectivity index (χ0) is 9.52. The first-order valence-electron chi connectivity index (χ1n) is 5.14. The number of allylic oxidation sites excluding steroid dienone is 2. The third-order valence-electron chi connectivity index (χ3n) is 2.51. The number of hydrogen-bond donors (Lipinski definition) is 0. The lowest BCUT2D eigenvalue weighted by Crippen LogP contribution is -2.32. The normalized spacial score (nSPS) is 17.9. The van der Waals surface area contributed by atoms with Crippen LogP contribution < -0.4 is 0 Å². The maximum Gasteiger partial charge on any atom is 0.0727 e. The number of likely N-dealkylation sites (tertiary alicyclic amines) is 1. The van der Waals surface area contributed by atoms with Crippen LogP contribution in [0, 0.1) is 0 Å². The Kier molecular flexibility index (Phi) is 5.09. The maximum absolute atomic E-state index is 3.83. The second-order valence-corrected chi connectivity index (χ2v) is 6.35. The van der Waals surface area contributed by atoms with E-state index in [0.29, 0.717) is 0 Å². The molecule has 1 nitrogen and oxygen atoms in total. The molecule has 1 aliphatic heterocycles. The Balaban J connectivity index is 2.26. The van der Waals surface area contributed by atoms with Crippen molar-refractivity contribution >= 4 is 8.80 Å². The van der Waals surface area contributed by atoms with Gasteiger partial charge in [0.15, 0.2) is 0 Å². The Morgan fingerprint density at radius 1 is 1.08 bits per heavy atom. The monoisotopic (exact) mass is 194 g/mol. The minimum Gasteiger partial charge on any atom is -0.306 e. The van der Waals surface area contributed by atoms with E-state index in [0.717, 1.165) is 0 Å². The van der Waals surface area contributed by atoms with Gasteiger partial charge in [-0.1, -0.05) is 12.2 Å². The SMILES string of the molecule is C=CC[Si](CC=C)CN1CCCC1. The molecule has 0 amide bonds. The van der Waals surface area contributed by atoms with Crippen LogP contribution in [0.1, 0.15) is 12.8 Å². The minimum absolute atomic E-state index is 0.240. The molecule has 13 heavy (non-hydrogen) atoms.